The number of carbonyl (C=O) groups is 4. The third-order valence-corrected chi connectivity index (χ3v) is 2.51. The summed E-state index contributed by atoms with van der Waals surface area (Å²) in [5.41, 5.74) is -1.71. The van der Waals surface area contributed by atoms with Crippen molar-refractivity contribution in [1.82, 2.24) is 4.90 Å². The summed E-state index contributed by atoms with van der Waals surface area (Å²) >= 11 is 0. The number of imide groups is 1. The largest absolute Gasteiger partial charge is 0.458 e. The van der Waals surface area contributed by atoms with E-state index in [0.717, 1.165) is 7.11 Å². The van der Waals surface area contributed by atoms with Gasteiger partial charge in [0.05, 0.1) is 7.11 Å². The zero-order chi connectivity index (χ0) is 19.1. The lowest BCUT2D eigenvalue weighted by molar-refractivity contribution is -0.160. The van der Waals surface area contributed by atoms with Crippen LogP contribution in [0.15, 0.2) is 0 Å². The first-order valence-electron chi connectivity index (χ1n) is 7.59. The molecule has 0 rings (SSSR count). The van der Waals surface area contributed by atoms with E-state index in [0.29, 0.717) is 11.2 Å². The first-order valence-corrected chi connectivity index (χ1v) is 7.59. The summed E-state index contributed by atoms with van der Waals surface area (Å²) in [6.45, 7) is 9.81. The van der Waals surface area contributed by atoms with Crippen LogP contribution in [0.25, 0.3) is 0 Å². The maximum atomic E-state index is 12.4. The van der Waals surface area contributed by atoms with Crippen molar-refractivity contribution < 1.29 is 33.4 Å². The molecule has 0 aromatic heterocycles. The number of rotatable bonds is 5. The van der Waals surface area contributed by atoms with Gasteiger partial charge in [-0.25, -0.2) is 14.4 Å². The Morgan fingerprint density at radius 2 is 1.46 bits per heavy atom. The summed E-state index contributed by atoms with van der Waals surface area (Å²) < 4.78 is 15.0. The standard InChI is InChI=1S/C16H27NO7/c1-15(2,3)23-12(19)11(9-8-10-18)17(13(20)22-7)14(21)24-16(4,5)6/h10-11H,8-9H2,1-7H3. The molecule has 0 aliphatic heterocycles. The van der Waals surface area contributed by atoms with Crippen molar-refractivity contribution in [1.29, 1.82) is 0 Å². The summed E-state index contributed by atoms with van der Waals surface area (Å²) in [6.07, 6.45) is -1.66. The number of carbonyl (C=O) groups excluding carboxylic acids is 4. The van der Waals surface area contributed by atoms with Crippen LogP contribution < -0.4 is 0 Å². The molecule has 0 aliphatic rings. The van der Waals surface area contributed by atoms with Crippen molar-refractivity contribution in [3.63, 3.8) is 0 Å². The second-order valence-electron chi connectivity index (χ2n) is 7.11. The molecular formula is C16H27NO7. The molecule has 1 atom stereocenters. The number of amides is 2. The van der Waals surface area contributed by atoms with E-state index in [-0.39, 0.29) is 12.8 Å². The monoisotopic (exact) mass is 345 g/mol. The van der Waals surface area contributed by atoms with E-state index in [4.69, 9.17) is 9.47 Å². The van der Waals surface area contributed by atoms with Gasteiger partial charge in [0.1, 0.15) is 23.5 Å². The maximum absolute atomic E-state index is 12.4. The summed E-state index contributed by atoms with van der Waals surface area (Å²) in [6, 6.07) is -1.32. The van der Waals surface area contributed by atoms with Gasteiger partial charge in [-0.3, -0.25) is 0 Å². The molecule has 8 nitrogen and oxygen atoms in total. The van der Waals surface area contributed by atoms with Gasteiger partial charge in [0, 0.05) is 6.42 Å². The topological polar surface area (TPSA) is 99.2 Å². The van der Waals surface area contributed by atoms with Gasteiger partial charge in [-0.1, -0.05) is 0 Å². The minimum atomic E-state index is -1.32. The number of esters is 1. The van der Waals surface area contributed by atoms with E-state index in [2.05, 4.69) is 4.74 Å². The molecule has 0 bridgehead atoms. The van der Waals surface area contributed by atoms with Crippen LogP contribution in [0.3, 0.4) is 0 Å². The Morgan fingerprint density at radius 1 is 0.958 bits per heavy atom. The SMILES string of the molecule is COC(=O)N(C(=O)OC(C)(C)C)C(CCC=O)C(=O)OC(C)(C)C. The van der Waals surface area contributed by atoms with Crippen molar-refractivity contribution in [2.24, 2.45) is 0 Å². The summed E-state index contributed by atoms with van der Waals surface area (Å²) in [7, 11) is 1.07. The highest BCUT2D eigenvalue weighted by molar-refractivity contribution is 5.94. The molecule has 0 radical (unpaired) electrons. The predicted molar refractivity (Wildman–Crippen MR) is 85.4 cm³/mol. The lowest BCUT2D eigenvalue weighted by atomic mass is 10.1. The molecule has 138 valence electrons. The Hall–Kier alpha value is -2.12. The van der Waals surface area contributed by atoms with Crippen LogP contribution in [0.4, 0.5) is 9.59 Å². The van der Waals surface area contributed by atoms with Crippen molar-refractivity contribution in [3.05, 3.63) is 0 Å². The van der Waals surface area contributed by atoms with Crippen molar-refractivity contribution in [3.8, 4) is 0 Å². The van der Waals surface area contributed by atoms with Gasteiger partial charge in [0.15, 0.2) is 0 Å². The van der Waals surface area contributed by atoms with Crippen LogP contribution in [-0.4, -0.2) is 53.7 Å². The summed E-state index contributed by atoms with van der Waals surface area (Å²) in [4.78, 5) is 48.0. The molecule has 0 N–H and O–H groups in total. The second-order valence-corrected chi connectivity index (χ2v) is 7.11. The third-order valence-electron chi connectivity index (χ3n) is 2.51. The number of hydrogen-bond acceptors (Lipinski definition) is 7. The van der Waals surface area contributed by atoms with Crippen LogP contribution >= 0.6 is 0 Å². The first kappa shape index (κ1) is 21.9. The van der Waals surface area contributed by atoms with E-state index in [1.54, 1.807) is 41.5 Å². The molecular weight excluding hydrogens is 318 g/mol. The van der Waals surface area contributed by atoms with E-state index < -0.39 is 35.4 Å². The molecule has 0 saturated carbocycles. The van der Waals surface area contributed by atoms with E-state index >= 15 is 0 Å². The van der Waals surface area contributed by atoms with Gasteiger partial charge in [-0.2, -0.15) is 4.90 Å². The fourth-order valence-electron chi connectivity index (χ4n) is 1.69. The van der Waals surface area contributed by atoms with Crippen LogP contribution in [0.2, 0.25) is 0 Å². The number of nitrogens with zero attached hydrogens (tertiary/aromatic N) is 1. The highest BCUT2D eigenvalue weighted by atomic mass is 16.6. The normalized spacial score (nSPS) is 12.8. The molecule has 0 aliphatic carbocycles. The lowest BCUT2D eigenvalue weighted by Gasteiger charge is -2.31. The Kier molecular flexibility index (Phi) is 7.89. The highest BCUT2D eigenvalue weighted by Gasteiger charge is 2.40. The van der Waals surface area contributed by atoms with Gasteiger partial charge >= 0.3 is 18.2 Å². The van der Waals surface area contributed by atoms with Crippen LogP contribution in [0.1, 0.15) is 54.4 Å². The van der Waals surface area contributed by atoms with Crippen LogP contribution in [-0.2, 0) is 23.8 Å². The molecule has 0 saturated heterocycles. The predicted octanol–water partition coefficient (Wildman–Crippen LogP) is 2.68. The molecule has 0 aromatic rings. The first-order chi connectivity index (χ1) is 10.8. The van der Waals surface area contributed by atoms with Gasteiger partial charge in [-0.05, 0) is 48.0 Å². The number of hydrogen-bond donors (Lipinski definition) is 0. The number of methoxy groups -OCH3 is 1. The Bertz CT molecular complexity index is 474. The van der Waals surface area contributed by atoms with Gasteiger partial charge in [0.2, 0.25) is 0 Å². The second kappa shape index (κ2) is 8.65. The van der Waals surface area contributed by atoms with Gasteiger partial charge in [-0.15, -0.1) is 0 Å². The van der Waals surface area contributed by atoms with E-state index in [1.165, 1.54) is 0 Å². The van der Waals surface area contributed by atoms with Gasteiger partial charge < -0.3 is 19.0 Å². The lowest BCUT2D eigenvalue weighted by Crippen LogP contribution is -2.52. The fraction of sp³-hybridized carbons (Fsp3) is 0.750. The quantitative estimate of drug-likeness (QED) is 0.429. The molecule has 0 heterocycles. The van der Waals surface area contributed by atoms with E-state index in [9.17, 15) is 19.2 Å². The Labute approximate surface area is 142 Å². The van der Waals surface area contributed by atoms with Gasteiger partial charge in [0.25, 0.3) is 0 Å². The molecule has 24 heavy (non-hydrogen) atoms. The molecule has 0 spiro atoms. The van der Waals surface area contributed by atoms with Crippen molar-refractivity contribution in [2.75, 3.05) is 7.11 Å². The average molecular weight is 345 g/mol. The zero-order valence-corrected chi connectivity index (χ0v) is 15.4. The molecule has 0 aromatic carbocycles. The minimum absolute atomic E-state index is 0.0415. The number of ether oxygens (including phenoxy) is 3. The smallest absolute Gasteiger partial charge is 0.420 e. The maximum Gasteiger partial charge on any atom is 0.420 e. The Balaban J connectivity index is 5.64. The number of aldehydes is 1. The zero-order valence-electron chi connectivity index (χ0n) is 15.4. The van der Waals surface area contributed by atoms with Crippen LogP contribution in [0.5, 0.6) is 0 Å². The highest BCUT2D eigenvalue weighted by Crippen LogP contribution is 2.19. The molecule has 2 amide bonds. The van der Waals surface area contributed by atoms with E-state index in [1.807, 2.05) is 0 Å². The molecule has 0 fully saturated rings. The van der Waals surface area contributed by atoms with Crippen molar-refractivity contribution >= 4 is 24.4 Å². The Morgan fingerprint density at radius 3 is 1.83 bits per heavy atom. The minimum Gasteiger partial charge on any atom is -0.458 e. The average Bonchev–Trinajstić information content (AvgIpc) is 2.38. The summed E-state index contributed by atoms with van der Waals surface area (Å²) in [5, 5.41) is 0. The molecule has 1 unspecified atom stereocenters. The molecule has 8 heteroatoms. The fourth-order valence-corrected chi connectivity index (χ4v) is 1.69. The van der Waals surface area contributed by atoms with Crippen LogP contribution in [0, 0.1) is 0 Å². The summed E-state index contributed by atoms with van der Waals surface area (Å²) in [5.74, 6) is -0.819. The third kappa shape index (κ3) is 7.94. The van der Waals surface area contributed by atoms with Crippen molar-refractivity contribution in [2.45, 2.75) is 71.6 Å².